The minimum Gasteiger partial charge on any atom is -0.270 e. The molecule has 2 aromatic carbocycles. The zero-order valence-electron chi connectivity index (χ0n) is 13.8. The molecule has 0 unspecified atom stereocenters. The average Bonchev–Trinajstić information content (AvgIpc) is 2.86. The molecule has 0 spiro atoms. The van der Waals surface area contributed by atoms with Gasteiger partial charge in [-0.25, -0.2) is 0 Å². The summed E-state index contributed by atoms with van der Waals surface area (Å²) < 4.78 is -0.579. The number of amides is 1. The summed E-state index contributed by atoms with van der Waals surface area (Å²) in [5, 5.41) is 17.1. The third-order valence-corrected chi connectivity index (χ3v) is 6.56. The molecule has 2 aromatic rings. The van der Waals surface area contributed by atoms with Gasteiger partial charge >= 0.3 is 0 Å². The molecule has 3 rings (SSSR count). The molecule has 1 aliphatic rings. The summed E-state index contributed by atoms with van der Waals surface area (Å²) in [6.07, 6.45) is 0. The first-order valence-corrected chi connectivity index (χ1v) is 9.44. The highest BCUT2D eigenvalue weighted by molar-refractivity contribution is 9.11. The van der Waals surface area contributed by atoms with Crippen LogP contribution in [0.1, 0.15) is 18.4 Å². The van der Waals surface area contributed by atoms with Gasteiger partial charge in [-0.2, -0.15) is 10.1 Å². The lowest BCUT2D eigenvalue weighted by Crippen LogP contribution is -2.47. The molecule has 6 nitrogen and oxygen atoms in total. The minimum absolute atomic E-state index is 0.344. The van der Waals surface area contributed by atoms with E-state index in [0.29, 0.717) is 21.4 Å². The number of hydrazone groups is 1. The molecule has 0 saturated heterocycles. The van der Waals surface area contributed by atoms with E-state index in [1.807, 2.05) is 24.3 Å². The molecular weight excluding hydrogens is 466 g/mol. The van der Waals surface area contributed by atoms with Crippen molar-refractivity contribution in [3.63, 3.8) is 0 Å². The second-order valence-corrected chi connectivity index (χ2v) is 8.04. The Hall–Kier alpha value is -2.06. The van der Waals surface area contributed by atoms with Gasteiger partial charge < -0.3 is 0 Å². The van der Waals surface area contributed by atoms with Gasteiger partial charge in [-0.1, -0.05) is 68.3 Å². The summed E-state index contributed by atoms with van der Waals surface area (Å²) >= 11 is 6.98. The van der Waals surface area contributed by atoms with Gasteiger partial charge in [0, 0.05) is 9.40 Å². The predicted octanol–water partition coefficient (Wildman–Crippen LogP) is 4.37. The quantitative estimate of drug-likeness (QED) is 0.362. The maximum absolute atomic E-state index is 13.3. The van der Waals surface area contributed by atoms with E-state index in [-0.39, 0.29) is 5.91 Å². The Morgan fingerprint density at radius 2 is 1.81 bits per heavy atom. The van der Waals surface area contributed by atoms with E-state index >= 15 is 0 Å². The number of hydrogen-bond donors (Lipinski definition) is 0. The highest BCUT2D eigenvalue weighted by Gasteiger charge is 2.55. The number of benzene rings is 2. The molecule has 0 radical (unpaired) electrons. The molecule has 1 amide bonds. The van der Waals surface area contributed by atoms with Crippen LogP contribution in [-0.2, 0) is 4.79 Å². The lowest BCUT2D eigenvalue weighted by molar-refractivity contribution is -0.483. The van der Waals surface area contributed by atoms with Gasteiger partial charge in [0.25, 0.3) is 5.91 Å². The number of anilines is 1. The van der Waals surface area contributed by atoms with Crippen molar-refractivity contribution in [3.8, 4) is 0 Å². The third kappa shape index (κ3) is 3.19. The van der Waals surface area contributed by atoms with Gasteiger partial charge in [0.2, 0.25) is 6.54 Å². The van der Waals surface area contributed by atoms with E-state index in [2.05, 4.69) is 37.0 Å². The summed E-state index contributed by atoms with van der Waals surface area (Å²) in [6.45, 7) is 1.30. The normalized spacial score (nSPS) is 20.8. The third-order valence-electron chi connectivity index (χ3n) is 4.37. The van der Waals surface area contributed by atoms with Crippen molar-refractivity contribution in [2.45, 2.75) is 17.2 Å². The van der Waals surface area contributed by atoms with Crippen molar-refractivity contribution in [2.24, 2.45) is 5.10 Å². The SMILES string of the molecule is CC1=NN(c2ccccc2)C(=O)[C@@]1(Br)[C@@H](C[N+](=O)[O-])c1ccccc1Br. The van der Waals surface area contributed by atoms with Gasteiger partial charge in [0.05, 0.1) is 17.3 Å². The van der Waals surface area contributed by atoms with E-state index in [4.69, 9.17) is 0 Å². The predicted molar refractivity (Wildman–Crippen MR) is 107 cm³/mol. The van der Waals surface area contributed by atoms with E-state index < -0.39 is 21.7 Å². The zero-order valence-corrected chi connectivity index (χ0v) is 17.0. The number of rotatable bonds is 5. The number of hydrogen-bond acceptors (Lipinski definition) is 4. The number of alkyl halides is 1. The maximum atomic E-state index is 13.3. The molecule has 0 aromatic heterocycles. The number of carbonyl (C=O) groups is 1. The van der Waals surface area contributed by atoms with E-state index in [9.17, 15) is 14.9 Å². The Morgan fingerprint density at radius 1 is 1.19 bits per heavy atom. The van der Waals surface area contributed by atoms with E-state index in [0.717, 1.165) is 0 Å². The van der Waals surface area contributed by atoms with Crippen LogP contribution in [0, 0.1) is 10.1 Å². The number of nitro groups is 1. The second kappa shape index (κ2) is 7.28. The van der Waals surface area contributed by atoms with Gasteiger partial charge in [0.15, 0.2) is 4.32 Å². The number of halogens is 2. The monoisotopic (exact) mass is 479 g/mol. The van der Waals surface area contributed by atoms with Crippen LogP contribution in [0.4, 0.5) is 5.69 Å². The van der Waals surface area contributed by atoms with Crippen LogP contribution in [0.25, 0.3) is 0 Å². The van der Waals surface area contributed by atoms with Crippen LogP contribution < -0.4 is 5.01 Å². The number of carbonyl (C=O) groups excluding carboxylic acids is 1. The molecule has 0 aliphatic carbocycles. The maximum Gasteiger partial charge on any atom is 0.271 e. The standard InChI is InChI=1S/C18H15Br2N3O3/c1-12-18(20,17(24)23(21-12)13-7-3-2-4-8-13)15(11-22(25)26)14-9-5-6-10-16(14)19/h2-10,15H,11H2,1H3/t15-,18-/m0/s1. The Kier molecular flexibility index (Phi) is 5.24. The summed E-state index contributed by atoms with van der Waals surface area (Å²) in [5.41, 5.74) is 1.78. The highest BCUT2D eigenvalue weighted by Crippen LogP contribution is 2.45. The molecular formula is C18H15Br2N3O3. The largest absolute Gasteiger partial charge is 0.271 e. The first-order chi connectivity index (χ1) is 12.4. The molecule has 1 heterocycles. The van der Waals surface area contributed by atoms with Crippen LogP contribution in [-0.4, -0.2) is 27.4 Å². The van der Waals surface area contributed by atoms with Gasteiger partial charge in [-0.15, -0.1) is 0 Å². The average molecular weight is 481 g/mol. The first-order valence-electron chi connectivity index (χ1n) is 7.86. The summed E-state index contributed by atoms with van der Waals surface area (Å²) in [5.74, 6) is -1.07. The van der Waals surface area contributed by atoms with Crippen molar-refractivity contribution in [1.82, 2.24) is 0 Å². The molecule has 0 bridgehead atoms. The van der Waals surface area contributed by atoms with Crippen molar-refractivity contribution >= 4 is 49.2 Å². The van der Waals surface area contributed by atoms with Crippen LogP contribution in [0.3, 0.4) is 0 Å². The topological polar surface area (TPSA) is 75.8 Å². The fourth-order valence-corrected chi connectivity index (χ4v) is 4.27. The zero-order chi connectivity index (χ0) is 18.9. The Labute approximate surface area is 167 Å². The Balaban J connectivity index is 2.09. The molecule has 0 N–H and O–H groups in total. The van der Waals surface area contributed by atoms with Gasteiger partial charge in [0.1, 0.15) is 0 Å². The lowest BCUT2D eigenvalue weighted by Gasteiger charge is -2.29. The molecule has 8 heteroatoms. The van der Waals surface area contributed by atoms with Crippen LogP contribution >= 0.6 is 31.9 Å². The lowest BCUT2D eigenvalue weighted by atomic mass is 9.82. The summed E-state index contributed by atoms with van der Waals surface area (Å²) in [6, 6.07) is 16.2. The van der Waals surface area contributed by atoms with Crippen LogP contribution in [0.2, 0.25) is 0 Å². The molecule has 0 fully saturated rings. The van der Waals surface area contributed by atoms with Crippen LogP contribution in [0.15, 0.2) is 64.2 Å². The molecule has 26 heavy (non-hydrogen) atoms. The molecule has 134 valence electrons. The summed E-state index contributed by atoms with van der Waals surface area (Å²) in [4.78, 5) is 24.2. The Bertz CT molecular complexity index is 888. The van der Waals surface area contributed by atoms with Crippen molar-refractivity contribution in [2.75, 3.05) is 11.6 Å². The fraction of sp³-hybridized carbons (Fsp3) is 0.222. The minimum atomic E-state index is -1.29. The van der Waals surface area contributed by atoms with E-state index in [1.165, 1.54) is 5.01 Å². The fourth-order valence-electron chi connectivity index (χ4n) is 3.07. The summed E-state index contributed by atoms with van der Waals surface area (Å²) in [7, 11) is 0. The number of para-hydroxylation sites is 1. The molecule has 1 aliphatic heterocycles. The van der Waals surface area contributed by atoms with Gasteiger partial charge in [-0.3, -0.25) is 14.9 Å². The smallest absolute Gasteiger partial charge is 0.270 e. The van der Waals surface area contributed by atoms with Crippen molar-refractivity contribution in [1.29, 1.82) is 0 Å². The highest BCUT2D eigenvalue weighted by atomic mass is 79.9. The molecule has 2 atom stereocenters. The molecule has 0 saturated carbocycles. The van der Waals surface area contributed by atoms with Crippen molar-refractivity contribution in [3.05, 3.63) is 74.7 Å². The van der Waals surface area contributed by atoms with Gasteiger partial charge in [-0.05, 0) is 30.7 Å². The van der Waals surface area contributed by atoms with Crippen molar-refractivity contribution < 1.29 is 9.72 Å². The number of nitrogens with zero attached hydrogens (tertiary/aromatic N) is 3. The van der Waals surface area contributed by atoms with Crippen LogP contribution in [0.5, 0.6) is 0 Å². The van der Waals surface area contributed by atoms with E-state index in [1.54, 1.807) is 37.3 Å². The second-order valence-electron chi connectivity index (χ2n) is 5.94. The first kappa shape index (κ1) is 18.7. The Morgan fingerprint density at radius 3 is 2.42 bits per heavy atom.